The van der Waals surface area contributed by atoms with Gasteiger partial charge in [0.25, 0.3) is 5.91 Å². The Morgan fingerprint density at radius 2 is 1.97 bits per heavy atom. The van der Waals surface area contributed by atoms with Crippen molar-refractivity contribution in [3.63, 3.8) is 0 Å². The van der Waals surface area contributed by atoms with Crippen LogP contribution in [0.15, 0.2) is 67.3 Å². The van der Waals surface area contributed by atoms with Crippen LogP contribution < -0.4 is 19.9 Å². The van der Waals surface area contributed by atoms with Gasteiger partial charge in [-0.2, -0.15) is 0 Å². The minimum atomic E-state index is 0.138. The first kappa shape index (κ1) is 21.1. The van der Waals surface area contributed by atoms with E-state index >= 15 is 0 Å². The molecule has 0 bridgehead atoms. The molecule has 3 atom stereocenters. The van der Waals surface area contributed by atoms with E-state index in [1.54, 1.807) is 11.0 Å². The highest BCUT2D eigenvalue weighted by Gasteiger charge is 2.28. The molecule has 0 aliphatic carbocycles. The van der Waals surface area contributed by atoms with Crippen molar-refractivity contribution in [3.8, 4) is 5.75 Å². The number of benzene rings is 2. The minimum absolute atomic E-state index is 0.138. The Morgan fingerprint density at radius 3 is 2.69 bits per heavy atom. The molecule has 5 nitrogen and oxygen atoms in total. The van der Waals surface area contributed by atoms with E-state index in [-0.39, 0.29) is 11.9 Å². The number of likely N-dealkylation sites (tertiary alicyclic amines) is 1. The van der Waals surface area contributed by atoms with E-state index in [1.165, 1.54) is 16.0 Å². The second kappa shape index (κ2) is 10.8. The Morgan fingerprint density at radius 1 is 1.21 bits per heavy atom. The summed E-state index contributed by atoms with van der Waals surface area (Å²) in [7, 11) is 2.06. The Balaban J connectivity index is 1.38. The number of likely N-dealkylation sites (N-methyl/N-ethyl adjacent to an activating group) is 1. The maximum absolute atomic E-state index is 12.5. The van der Waals surface area contributed by atoms with Gasteiger partial charge in [0, 0.05) is 17.5 Å². The summed E-state index contributed by atoms with van der Waals surface area (Å²) < 4.78 is 5.51. The zero-order valence-electron chi connectivity index (χ0n) is 17.3. The second-order valence-electron chi connectivity index (χ2n) is 7.97. The third-order valence-corrected chi connectivity index (χ3v) is 5.30. The zero-order valence-corrected chi connectivity index (χ0v) is 17.3. The molecule has 0 aromatic heterocycles. The summed E-state index contributed by atoms with van der Waals surface area (Å²) in [4.78, 5) is 15.2. The monoisotopic (exact) mass is 395 g/mol. The lowest BCUT2D eigenvalue weighted by Crippen LogP contribution is -3.09. The van der Waals surface area contributed by atoms with Gasteiger partial charge in [-0.1, -0.05) is 43.0 Å². The van der Waals surface area contributed by atoms with Crippen molar-refractivity contribution >= 4 is 5.91 Å². The van der Waals surface area contributed by atoms with Crippen molar-refractivity contribution in [2.45, 2.75) is 25.6 Å². The van der Waals surface area contributed by atoms with Crippen LogP contribution in [0.3, 0.4) is 0 Å². The number of carbonyl (C=O) groups is 1. The largest absolute Gasteiger partial charge is 0.490 e. The standard InChI is InChI=1S/C24H31N3O2/c1-3-15-29-23-11-9-21(10-12-23)16-26(2)19-24(28)25-22-13-14-27(18-22)17-20-7-5-4-6-8-20/h3-12,22H,1,13-19H2,2H3,(H,25,28)/p+2/t22-/m0/s1. The van der Waals surface area contributed by atoms with E-state index in [0.717, 1.165) is 38.3 Å². The summed E-state index contributed by atoms with van der Waals surface area (Å²) in [5.41, 5.74) is 2.56. The molecule has 1 aliphatic rings. The molecule has 5 heteroatoms. The van der Waals surface area contributed by atoms with E-state index in [0.29, 0.717) is 13.2 Å². The molecule has 2 aromatic rings. The minimum Gasteiger partial charge on any atom is -0.490 e. The highest BCUT2D eigenvalue weighted by atomic mass is 16.5. The molecule has 1 aliphatic heterocycles. The first-order chi connectivity index (χ1) is 14.1. The summed E-state index contributed by atoms with van der Waals surface area (Å²) >= 11 is 0. The van der Waals surface area contributed by atoms with Gasteiger partial charge in [-0.3, -0.25) is 4.79 Å². The van der Waals surface area contributed by atoms with Crippen molar-refractivity contribution in [1.82, 2.24) is 5.32 Å². The van der Waals surface area contributed by atoms with E-state index in [1.807, 2.05) is 12.1 Å². The van der Waals surface area contributed by atoms with Crippen LogP contribution >= 0.6 is 0 Å². The topological polar surface area (TPSA) is 47.2 Å². The number of amides is 1. The quantitative estimate of drug-likeness (QED) is 0.505. The van der Waals surface area contributed by atoms with Crippen molar-refractivity contribution in [2.24, 2.45) is 0 Å². The molecule has 1 heterocycles. The molecule has 2 unspecified atom stereocenters. The summed E-state index contributed by atoms with van der Waals surface area (Å²) in [6.07, 6.45) is 2.79. The molecule has 1 amide bonds. The lowest BCUT2D eigenvalue weighted by atomic mass is 10.2. The summed E-state index contributed by atoms with van der Waals surface area (Å²) in [5.74, 6) is 0.979. The molecule has 154 valence electrons. The van der Waals surface area contributed by atoms with Crippen LogP contribution in [0.4, 0.5) is 0 Å². The molecule has 0 radical (unpaired) electrons. The Labute approximate surface area is 174 Å². The van der Waals surface area contributed by atoms with E-state index < -0.39 is 0 Å². The molecule has 3 rings (SSSR count). The van der Waals surface area contributed by atoms with Gasteiger partial charge in [0.2, 0.25) is 0 Å². The van der Waals surface area contributed by atoms with Crippen molar-refractivity contribution in [2.75, 3.05) is 33.3 Å². The molecule has 2 aromatic carbocycles. The number of hydrogen-bond acceptors (Lipinski definition) is 2. The number of nitrogens with one attached hydrogen (secondary N) is 3. The van der Waals surface area contributed by atoms with Gasteiger partial charge >= 0.3 is 0 Å². The van der Waals surface area contributed by atoms with Gasteiger partial charge in [0.05, 0.1) is 26.2 Å². The van der Waals surface area contributed by atoms with Crippen molar-refractivity contribution in [3.05, 3.63) is 78.4 Å². The lowest BCUT2D eigenvalue weighted by Gasteiger charge is -2.17. The molecular weight excluding hydrogens is 362 g/mol. The first-order valence-corrected chi connectivity index (χ1v) is 10.4. The third-order valence-electron chi connectivity index (χ3n) is 5.30. The molecule has 29 heavy (non-hydrogen) atoms. The normalized spacial score (nSPS) is 19.5. The van der Waals surface area contributed by atoms with Gasteiger partial charge in [-0.05, 0) is 24.3 Å². The maximum atomic E-state index is 12.5. The molecule has 1 fully saturated rings. The number of carbonyl (C=O) groups excluding carboxylic acids is 1. The van der Waals surface area contributed by atoms with Gasteiger partial charge in [-0.15, -0.1) is 0 Å². The predicted octanol–water partition coefficient (Wildman–Crippen LogP) is 0.240. The lowest BCUT2D eigenvalue weighted by molar-refractivity contribution is -0.901. The first-order valence-electron chi connectivity index (χ1n) is 10.4. The summed E-state index contributed by atoms with van der Waals surface area (Å²) in [5, 5.41) is 3.23. The average Bonchev–Trinajstić information content (AvgIpc) is 3.14. The van der Waals surface area contributed by atoms with Crippen LogP contribution in [0, 0.1) is 0 Å². The van der Waals surface area contributed by atoms with Gasteiger partial charge in [0.15, 0.2) is 6.54 Å². The Kier molecular flexibility index (Phi) is 7.85. The number of quaternary nitrogens is 2. The van der Waals surface area contributed by atoms with Gasteiger partial charge in [0.1, 0.15) is 25.4 Å². The highest BCUT2D eigenvalue weighted by Crippen LogP contribution is 2.11. The molecular formula is C24H33N3O2+2. The van der Waals surface area contributed by atoms with E-state index in [2.05, 4.69) is 61.4 Å². The van der Waals surface area contributed by atoms with Crippen LogP contribution in [0.2, 0.25) is 0 Å². The SMILES string of the molecule is C=CCOc1ccc(C[NH+](C)CC(=O)N[C@H]2CC[NH+](Cc3ccccc3)C2)cc1. The van der Waals surface area contributed by atoms with E-state index in [4.69, 9.17) is 4.74 Å². The van der Waals surface area contributed by atoms with Crippen LogP contribution in [0.1, 0.15) is 17.5 Å². The summed E-state index contributed by atoms with van der Waals surface area (Å²) in [6.45, 7) is 8.61. The number of ether oxygens (including phenoxy) is 1. The van der Waals surface area contributed by atoms with Crippen LogP contribution in [0.25, 0.3) is 0 Å². The summed E-state index contributed by atoms with van der Waals surface area (Å²) in [6, 6.07) is 18.9. The number of rotatable bonds is 10. The van der Waals surface area contributed by atoms with Crippen molar-refractivity contribution < 1.29 is 19.3 Å². The second-order valence-corrected chi connectivity index (χ2v) is 7.97. The molecule has 3 N–H and O–H groups in total. The van der Waals surface area contributed by atoms with E-state index in [9.17, 15) is 4.79 Å². The molecule has 0 spiro atoms. The third kappa shape index (κ3) is 7.04. The van der Waals surface area contributed by atoms with Gasteiger partial charge in [-0.25, -0.2) is 0 Å². The number of hydrogen-bond donors (Lipinski definition) is 3. The highest BCUT2D eigenvalue weighted by molar-refractivity contribution is 5.77. The fourth-order valence-electron chi connectivity index (χ4n) is 3.92. The predicted molar refractivity (Wildman–Crippen MR) is 115 cm³/mol. The van der Waals surface area contributed by atoms with Crippen LogP contribution in [-0.2, 0) is 17.9 Å². The smallest absolute Gasteiger partial charge is 0.275 e. The average molecular weight is 396 g/mol. The Bertz CT molecular complexity index is 776. The zero-order chi connectivity index (χ0) is 20.5. The fourth-order valence-corrected chi connectivity index (χ4v) is 3.92. The molecule has 1 saturated heterocycles. The van der Waals surface area contributed by atoms with Crippen LogP contribution in [0.5, 0.6) is 5.75 Å². The Hall–Kier alpha value is -2.63. The fraction of sp³-hybridized carbons (Fsp3) is 0.375. The van der Waals surface area contributed by atoms with Gasteiger partial charge < -0.3 is 19.9 Å². The molecule has 0 saturated carbocycles. The van der Waals surface area contributed by atoms with Crippen LogP contribution in [-0.4, -0.2) is 45.2 Å². The van der Waals surface area contributed by atoms with Crippen molar-refractivity contribution in [1.29, 1.82) is 0 Å². The maximum Gasteiger partial charge on any atom is 0.275 e.